The molecule has 2 aromatic rings. The fourth-order valence-electron chi connectivity index (χ4n) is 1.38. The van der Waals surface area contributed by atoms with Crippen molar-refractivity contribution in [2.24, 2.45) is 0 Å². The molecule has 0 aliphatic rings. The lowest BCUT2D eigenvalue weighted by Crippen LogP contribution is -2.01. The summed E-state index contributed by atoms with van der Waals surface area (Å²) in [5.74, 6) is 1.17. The first-order valence-electron chi connectivity index (χ1n) is 5.36. The van der Waals surface area contributed by atoms with Crippen LogP contribution in [0, 0.1) is 5.82 Å². The first-order chi connectivity index (χ1) is 8.28. The molecule has 0 radical (unpaired) electrons. The number of nitrogens with zero attached hydrogens (tertiary/aromatic N) is 2. The van der Waals surface area contributed by atoms with Crippen LogP contribution in [0.2, 0.25) is 0 Å². The Bertz CT molecular complexity index is 484. The normalized spacial score (nSPS) is 10.0. The third kappa shape index (κ3) is 3.14. The minimum absolute atomic E-state index is 0.258. The fraction of sp³-hybridized carbons (Fsp3) is 0.167. The summed E-state index contributed by atoms with van der Waals surface area (Å²) in [6.45, 7) is 2.79. The van der Waals surface area contributed by atoms with Crippen LogP contribution in [0.4, 0.5) is 21.7 Å². The molecule has 2 N–H and O–H groups in total. The molecule has 0 saturated carbocycles. The van der Waals surface area contributed by atoms with Crippen LogP contribution in [0.25, 0.3) is 0 Å². The highest BCUT2D eigenvalue weighted by Gasteiger charge is 1.98. The van der Waals surface area contributed by atoms with E-state index in [9.17, 15) is 4.39 Å². The van der Waals surface area contributed by atoms with Gasteiger partial charge in [-0.2, -0.15) is 0 Å². The van der Waals surface area contributed by atoms with E-state index < -0.39 is 0 Å². The molecule has 0 atom stereocenters. The number of nitrogens with one attached hydrogen (secondary N) is 2. The first kappa shape index (κ1) is 11.3. The van der Waals surface area contributed by atoms with Crippen molar-refractivity contribution in [3.63, 3.8) is 0 Å². The quantitative estimate of drug-likeness (QED) is 0.851. The van der Waals surface area contributed by atoms with Crippen molar-refractivity contribution in [1.29, 1.82) is 0 Å². The summed E-state index contributed by atoms with van der Waals surface area (Å²) >= 11 is 0. The maximum absolute atomic E-state index is 12.7. The van der Waals surface area contributed by atoms with Gasteiger partial charge in [-0.15, -0.1) is 0 Å². The molecule has 0 spiro atoms. The van der Waals surface area contributed by atoms with Crippen LogP contribution in [-0.2, 0) is 0 Å². The maximum Gasteiger partial charge on any atom is 0.135 e. The first-order valence-corrected chi connectivity index (χ1v) is 5.36. The van der Waals surface area contributed by atoms with E-state index in [0.717, 1.165) is 18.1 Å². The zero-order chi connectivity index (χ0) is 12.1. The van der Waals surface area contributed by atoms with Crippen molar-refractivity contribution >= 4 is 17.3 Å². The van der Waals surface area contributed by atoms with Gasteiger partial charge in [-0.3, -0.25) is 0 Å². The molecule has 5 heteroatoms. The van der Waals surface area contributed by atoms with Crippen molar-refractivity contribution in [1.82, 2.24) is 9.97 Å². The van der Waals surface area contributed by atoms with Gasteiger partial charge in [0.25, 0.3) is 0 Å². The summed E-state index contributed by atoms with van der Waals surface area (Å²) < 4.78 is 12.7. The predicted molar refractivity (Wildman–Crippen MR) is 65.9 cm³/mol. The molecule has 0 saturated heterocycles. The third-order valence-electron chi connectivity index (χ3n) is 2.14. The highest BCUT2D eigenvalue weighted by atomic mass is 19.1. The minimum atomic E-state index is -0.258. The Hall–Kier alpha value is -2.17. The third-order valence-corrected chi connectivity index (χ3v) is 2.14. The molecule has 1 heterocycles. The van der Waals surface area contributed by atoms with Crippen LogP contribution >= 0.6 is 0 Å². The molecule has 2 rings (SSSR count). The van der Waals surface area contributed by atoms with Gasteiger partial charge in [0.1, 0.15) is 23.8 Å². The summed E-state index contributed by atoms with van der Waals surface area (Å²) in [4.78, 5) is 8.15. The average Bonchev–Trinajstić information content (AvgIpc) is 2.33. The van der Waals surface area contributed by atoms with Gasteiger partial charge in [-0.05, 0) is 31.2 Å². The lowest BCUT2D eigenvalue weighted by Gasteiger charge is -2.07. The number of hydrogen-bond acceptors (Lipinski definition) is 4. The topological polar surface area (TPSA) is 49.8 Å². The zero-order valence-electron chi connectivity index (χ0n) is 9.44. The number of rotatable bonds is 4. The van der Waals surface area contributed by atoms with Gasteiger partial charge in [-0.25, -0.2) is 14.4 Å². The van der Waals surface area contributed by atoms with Gasteiger partial charge in [-0.1, -0.05) is 0 Å². The molecule has 0 amide bonds. The van der Waals surface area contributed by atoms with Gasteiger partial charge in [0.15, 0.2) is 0 Å². The standard InChI is InChI=1S/C12H13FN4/c1-2-14-11-7-12(16-8-15-11)17-10-5-3-9(13)4-6-10/h3-8H,2H2,1H3,(H2,14,15,16,17). The van der Waals surface area contributed by atoms with Crippen molar-refractivity contribution in [3.05, 3.63) is 42.5 Å². The van der Waals surface area contributed by atoms with Gasteiger partial charge < -0.3 is 10.6 Å². The van der Waals surface area contributed by atoms with Gasteiger partial charge >= 0.3 is 0 Å². The van der Waals surface area contributed by atoms with Crippen LogP contribution < -0.4 is 10.6 Å². The van der Waals surface area contributed by atoms with Crippen LogP contribution in [-0.4, -0.2) is 16.5 Å². The zero-order valence-corrected chi connectivity index (χ0v) is 9.44. The summed E-state index contributed by atoms with van der Waals surface area (Å²) in [6, 6.07) is 7.91. The van der Waals surface area contributed by atoms with Crippen LogP contribution in [0.5, 0.6) is 0 Å². The number of benzene rings is 1. The molecule has 88 valence electrons. The second-order valence-corrected chi connectivity index (χ2v) is 3.45. The van der Waals surface area contributed by atoms with E-state index in [1.54, 1.807) is 18.2 Å². The number of aromatic nitrogens is 2. The number of hydrogen-bond donors (Lipinski definition) is 2. The fourth-order valence-corrected chi connectivity index (χ4v) is 1.38. The Morgan fingerprint density at radius 3 is 2.53 bits per heavy atom. The summed E-state index contributed by atoms with van der Waals surface area (Å²) in [6.07, 6.45) is 1.48. The molecule has 0 aliphatic carbocycles. The lowest BCUT2D eigenvalue weighted by molar-refractivity contribution is 0.628. The lowest BCUT2D eigenvalue weighted by atomic mass is 10.3. The van der Waals surface area contributed by atoms with Crippen molar-refractivity contribution in [2.75, 3.05) is 17.2 Å². The predicted octanol–water partition coefficient (Wildman–Crippen LogP) is 2.79. The molecule has 1 aromatic heterocycles. The second-order valence-electron chi connectivity index (χ2n) is 3.45. The average molecular weight is 232 g/mol. The van der Waals surface area contributed by atoms with Crippen LogP contribution in [0.3, 0.4) is 0 Å². The van der Waals surface area contributed by atoms with E-state index in [2.05, 4.69) is 20.6 Å². The minimum Gasteiger partial charge on any atom is -0.370 e. The highest BCUT2D eigenvalue weighted by Crippen LogP contribution is 2.16. The van der Waals surface area contributed by atoms with Gasteiger partial charge in [0.2, 0.25) is 0 Å². The van der Waals surface area contributed by atoms with Crippen molar-refractivity contribution in [2.45, 2.75) is 6.92 Å². The summed E-state index contributed by atoms with van der Waals surface area (Å²) in [5, 5.41) is 6.16. The highest BCUT2D eigenvalue weighted by molar-refractivity contribution is 5.58. The molecule has 0 unspecified atom stereocenters. The second kappa shape index (κ2) is 5.25. The SMILES string of the molecule is CCNc1cc(Nc2ccc(F)cc2)ncn1. The molecule has 0 bridgehead atoms. The van der Waals surface area contributed by atoms with Crippen molar-refractivity contribution in [3.8, 4) is 0 Å². The molecule has 1 aromatic carbocycles. The van der Waals surface area contributed by atoms with E-state index in [1.165, 1.54) is 18.5 Å². The molecule has 0 fully saturated rings. The number of anilines is 3. The monoisotopic (exact) mass is 232 g/mol. The van der Waals surface area contributed by atoms with Crippen molar-refractivity contribution < 1.29 is 4.39 Å². The molecular weight excluding hydrogens is 219 g/mol. The summed E-state index contributed by atoms with van der Waals surface area (Å²) in [5.41, 5.74) is 0.785. The maximum atomic E-state index is 12.7. The van der Waals surface area contributed by atoms with E-state index in [0.29, 0.717) is 5.82 Å². The van der Waals surface area contributed by atoms with E-state index in [1.807, 2.05) is 6.92 Å². The molecule has 4 nitrogen and oxygen atoms in total. The Morgan fingerprint density at radius 2 is 1.82 bits per heavy atom. The largest absolute Gasteiger partial charge is 0.370 e. The number of halogens is 1. The Balaban J connectivity index is 2.12. The molecule has 17 heavy (non-hydrogen) atoms. The van der Waals surface area contributed by atoms with E-state index >= 15 is 0 Å². The Morgan fingerprint density at radius 1 is 1.12 bits per heavy atom. The van der Waals surface area contributed by atoms with Crippen LogP contribution in [0.15, 0.2) is 36.7 Å². The van der Waals surface area contributed by atoms with E-state index in [-0.39, 0.29) is 5.82 Å². The van der Waals surface area contributed by atoms with Crippen LogP contribution in [0.1, 0.15) is 6.92 Å². The molecular formula is C12H13FN4. The van der Waals surface area contributed by atoms with Gasteiger partial charge in [0.05, 0.1) is 0 Å². The van der Waals surface area contributed by atoms with Gasteiger partial charge in [0, 0.05) is 18.3 Å². The smallest absolute Gasteiger partial charge is 0.135 e. The van der Waals surface area contributed by atoms with E-state index in [4.69, 9.17) is 0 Å². The summed E-state index contributed by atoms with van der Waals surface area (Å²) in [7, 11) is 0. The Kier molecular flexibility index (Phi) is 3.49. The Labute approximate surface area is 98.9 Å². The molecule has 0 aliphatic heterocycles.